The van der Waals surface area contributed by atoms with Crippen LogP contribution < -0.4 is 9.47 Å². The number of methoxy groups -OCH3 is 2. The Morgan fingerprint density at radius 3 is 2.46 bits per heavy atom. The summed E-state index contributed by atoms with van der Waals surface area (Å²) in [5, 5.41) is 0. The summed E-state index contributed by atoms with van der Waals surface area (Å²) < 4.78 is 39.6. The molecule has 0 radical (unpaired) electrons. The molecule has 1 aliphatic heterocycles. The Morgan fingerprint density at radius 2 is 1.81 bits per heavy atom. The predicted octanol–water partition coefficient (Wildman–Crippen LogP) is 4.30. The van der Waals surface area contributed by atoms with Crippen LogP contribution in [0, 0.1) is 6.92 Å². The molecule has 2 aromatic rings. The maximum absolute atomic E-state index is 13.2. The molecule has 0 N–H and O–H groups in total. The lowest BCUT2D eigenvalue weighted by Crippen LogP contribution is -2.30. The van der Waals surface area contributed by atoms with Gasteiger partial charge in [-0.15, -0.1) is 0 Å². The Morgan fingerprint density at radius 1 is 1.08 bits per heavy atom. The third-order valence-electron chi connectivity index (χ3n) is 4.73. The Labute approximate surface area is 163 Å². The molecule has 5 nitrogen and oxygen atoms in total. The summed E-state index contributed by atoms with van der Waals surface area (Å²) in [7, 11) is -0.408. The van der Waals surface area contributed by atoms with Crippen LogP contribution in [0.1, 0.15) is 30.0 Å². The minimum absolute atomic E-state index is 0.205. The van der Waals surface area contributed by atoms with E-state index in [4.69, 9.17) is 9.47 Å². The fourth-order valence-corrected chi connectivity index (χ4v) is 5.35. The van der Waals surface area contributed by atoms with Crippen molar-refractivity contribution < 1.29 is 17.9 Å². The largest absolute Gasteiger partial charge is 0.493 e. The smallest absolute Gasteiger partial charge is 0.243 e. The van der Waals surface area contributed by atoms with Crippen LogP contribution in [0.4, 0.5) is 0 Å². The number of nitrogens with zero attached hydrogens (tertiary/aromatic N) is 1. The zero-order chi connectivity index (χ0) is 18.9. The van der Waals surface area contributed by atoms with Gasteiger partial charge in [0, 0.05) is 11.0 Å². The molecule has 0 aliphatic carbocycles. The van der Waals surface area contributed by atoms with Crippen LogP contribution in [0.2, 0.25) is 0 Å². The van der Waals surface area contributed by atoms with Crippen molar-refractivity contribution in [3.05, 3.63) is 52.0 Å². The third-order valence-corrected chi connectivity index (χ3v) is 7.53. The molecular weight excluding hydrogens is 418 g/mol. The van der Waals surface area contributed by atoms with Crippen LogP contribution in [0.25, 0.3) is 0 Å². The molecule has 1 atom stereocenters. The van der Waals surface area contributed by atoms with Crippen molar-refractivity contribution in [3.63, 3.8) is 0 Å². The zero-order valence-electron chi connectivity index (χ0n) is 15.0. The highest BCUT2D eigenvalue weighted by Gasteiger charge is 2.36. The van der Waals surface area contributed by atoms with Crippen molar-refractivity contribution in [2.45, 2.75) is 30.7 Å². The number of sulfonamides is 1. The van der Waals surface area contributed by atoms with Crippen LogP contribution in [0.15, 0.2) is 45.8 Å². The number of hydrogen-bond donors (Lipinski definition) is 0. The molecule has 140 valence electrons. The summed E-state index contributed by atoms with van der Waals surface area (Å²) in [5.74, 6) is 1.24. The molecule has 1 saturated heterocycles. The lowest BCUT2D eigenvalue weighted by molar-refractivity contribution is 0.351. The van der Waals surface area contributed by atoms with Crippen molar-refractivity contribution in [3.8, 4) is 11.5 Å². The fourth-order valence-electron chi connectivity index (χ4n) is 3.33. The molecule has 2 aromatic carbocycles. The Hall–Kier alpha value is -1.57. The lowest BCUT2D eigenvalue weighted by Gasteiger charge is -2.25. The van der Waals surface area contributed by atoms with Gasteiger partial charge >= 0.3 is 0 Å². The van der Waals surface area contributed by atoms with Crippen molar-refractivity contribution in [2.75, 3.05) is 20.8 Å². The van der Waals surface area contributed by atoms with E-state index in [-0.39, 0.29) is 6.04 Å². The van der Waals surface area contributed by atoms with Gasteiger partial charge in [-0.2, -0.15) is 4.31 Å². The minimum Gasteiger partial charge on any atom is -0.493 e. The van der Waals surface area contributed by atoms with Gasteiger partial charge in [0.25, 0.3) is 0 Å². The molecule has 1 aliphatic rings. The molecule has 0 aromatic heterocycles. The number of hydrogen-bond acceptors (Lipinski definition) is 4. The van der Waals surface area contributed by atoms with Crippen LogP contribution in [0.3, 0.4) is 0 Å². The normalized spacial score (nSPS) is 18.1. The molecule has 0 saturated carbocycles. The van der Waals surface area contributed by atoms with Gasteiger partial charge in [-0.25, -0.2) is 8.42 Å². The average Bonchev–Trinajstić information content (AvgIpc) is 3.14. The van der Waals surface area contributed by atoms with E-state index in [1.165, 1.54) is 0 Å². The summed E-state index contributed by atoms with van der Waals surface area (Å²) in [6.45, 7) is 2.40. The van der Waals surface area contributed by atoms with E-state index in [1.54, 1.807) is 36.7 Å². The van der Waals surface area contributed by atoms with E-state index in [0.29, 0.717) is 22.9 Å². The van der Waals surface area contributed by atoms with Crippen molar-refractivity contribution in [1.82, 2.24) is 4.31 Å². The number of rotatable bonds is 5. The lowest BCUT2D eigenvalue weighted by atomic mass is 10.0. The first-order valence-corrected chi connectivity index (χ1v) is 10.6. The monoisotopic (exact) mass is 439 g/mol. The van der Waals surface area contributed by atoms with E-state index in [1.807, 2.05) is 25.1 Å². The first-order valence-electron chi connectivity index (χ1n) is 8.38. The molecule has 3 rings (SSSR count). The fraction of sp³-hybridized carbons (Fsp3) is 0.368. The second-order valence-electron chi connectivity index (χ2n) is 6.30. The number of aryl methyl sites for hydroxylation is 1. The van der Waals surface area contributed by atoms with Gasteiger partial charge in [-0.1, -0.05) is 22.0 Å². The van der Waals surface area contributed by atoms with Crippen LogP contribution in [0.5, 0.6) is 11.5 Å². The Kier molecular flexibility index (Phi) is 5.60. The van der Waals surface area contributed by atoms with Crippen LogP contribution >= 0.6 is 15.9 Å². The van der Waals surface area contributed by atoms with Gasteiger partial charge < -0.3 is 9.47 Å². The topological polar surface area (TPSA) is 55.8 Å². The Bertz CT molecular complexity index is 914. The van der Waals surface area contributed by atoms with E-state index in [9.17, 15) is 8.42 Å². The standard InChI is InChI=1S/C19H22BrNO4S/c1-13-11-15(7-8-16(13)20)26(22,23)21-10-4-5-17(21)14-6-9-18(24-2)19(12-14)25-3/h6-9,11-12,17H,4-5,10H2,1-3H3/t17-/m0/s1. The maximum Gasteiger partial charge on any atom is 0.243 e. The molecular formula is C19H22BrNO4S. The summed E-state index contributed by atoms with van der Waals surface area (Å²) in [5.41, 5.74) is 1.81. The van der Waals surface area contributed by atoms with E-state index in [2.05, 4.69) is 15.9 Å². The van der Waals surface area contributed by atoms with Gasteiger partial charge in [-0.05, 0) is 61.2 Å². The molecule has 0 amide bonds. The van der Waals surface area contributed by atoms with Gasteiger partial charge in [-0.3, -0.25) is 0 Å². The maximum atomic E-state index is 13.2. The predicted molar refractivity (Wildman–Crippen MR) is 104 cm³/mol. The van der Waals surface area contributed by atoms with E-state index in [0.717, 1.165) is 28.4 Å². The summed E-state index contributed by atoms with van der Waals surface area (Å²) >= 11 is 3.42. The molecule has 1 fully saturated rings. The second kappa shape index (κ2) is 7.58. The van der Waals surface area contributed by atoms with Crippen molar-refractivity contribution in [2.24, 2.45) is 0 Å². The molecule has 1 heterocycles. The van der Waals surface area contributed by atoms with E-state index >= 15 is 0 Å². The quantitative estimate of drug-likeness (QED) is 0.696. The summed E-state index contributed by atoms with van der Waals surface area (Å²) in [6.07, 6.45) is 1.61. The molecule has 0 unspecified atom stereocenters. The van der Waals surface area contributed by atoms with Gasteiger partial charge in [0.2, 0.25) is 10.0 Å². The highest BCUT2D eigenvalue weighted by molar-refractivity contribution is 9.10. The van der Waals surface area contributed by atoms with Crippen LogP contribution in [-0.2, 0) is 10.0 Å². The van der Waals surface area contributed by atoms with Gasteiger partial charge in [0.15, 0.2) is 11.5 Å². The number of halogens is 1. The van der Waals surface area contributed by atoms with Crippen molar-refractivity contribution >= 4 is 26.0 Å². The van der Waals surface area contributed by atoms with Crippen molar-refractivity contribution in [1.29, 1.82) is 0 Å². The highest BCUT2D eigenvalue weighted by atomic mass is 79.9. The first kappa shape index (κ1) is 19.2. The first-order chi connectivity index (χ1) is 12.4. The average molecular weight is 440 g/mol. The summed E-state index contributed by atoms with van der Waals surface area (Å²) in [4.78, 5) is 0.325. The van der Waals surface area contributed by atoms with E-state index < -0.39 is 10.0 Å². The molecule has 0 bridgehead atoms. The summed E-state index contributed by atoms with van der Waals surface area (Å²) in [6, 6.07) is 10.5. The van der Waals surface area contributed by atoms with Gasteiger partial charge in [0.1, 0.15) is 0 Å². The molecule has 0 spiro atoms. The molecule has 7 heteroatoms. The highest BCUT2D eigenvalue weighted by Crippen LogP contribution is 2.40. The number of benzene rings is 2. The number of ether oxygens (including phenoxy) is 2. The second-order valence-corrected chi connectivity index (χ2v) is 9.04. The van der Waals surface area contributed by atoms with Gasteiger partial charge in [0.05, 0.1) is 25.2 Å². The minimum atomic E-state index is -3.57. The van der Waals surface area contributed by atoms with Crippen LogP contribution in [-0.4, -0.2) is 33.5 Å². The third kappa shape index (κ3) is 3.48. The Balaban J connectivity index is 1.98. The SMILES string of the molecule is COc1ccc([C@@H]2CCCN2S(=O)(=O)c2ccc(Br)c(C)c2)cc1OC. The zero-order valence-corrected chi connectivity index (χ0v) is 17.4. The molecule has 26 heavy (non-hydrogen) atoms.